The van der Waals surface area contributed by atoms with Crippen LogP contribution in [0.15, 0.2) is 4.99 Å². The lowest BCUT2D eigenvalue weighted by molar-refractivity contribution is -0.125. The molecule has 3 atom stereocenters. The number of guanidine groups is 1. The summed E-state index contributed by atoms with van der Waals surface area (Å²) in [4.78, 5) is 7.17. The lowest BCUT2D eigenvalue weighted by Crippen LogP contribution is -2.64. The number of nitrogens with two attached hydrogens (primary N) is 1. The Bertz CT molecular complexity index is 419. The van der Waals surface area contributed by atoms with Gasteiger partial charge in [-0.3, -0.25) is 9.89 Å². The third-order valence-corrected chi connectivity index (χ3v) is 6.39. The maximum absolute atomic E-state index is 6.20. The molecule has 3 unspecified atom stereocenters. The summed E-state index contributed by atoms with van der Waals surface area (Å²) >= 11 is 0. The molecule has 132 valence electrons. The summed E-state index contributed by atoms with van der Waals surface area (Å²) in [5.74, 6) is 0.638. The highest BCUT2D eigenvalue weighted by molar-refractivity contribution is 5.78. The summed E-state index contributed by atoms with van der Waals surface area (Å²) in [7, 11) is 0. The fourth-order valence-electron chi connectivity index (χ4n) is 5.04. The molecule has 5 heteroatoms. The first-order chi connectivity index (χ1) is 11.2. The third kappa shape index (κ3) is 3.36. The average Bonchev–Trinajstić information content (AvgIpc) is 3.22. The molecule has 0 aromatic rings. The van der Waals surface area contributed by atoms with Crippen LogP contribution in [0.1, 0.15) is 58.8 Å². The quantitative estimate of drug-likeness (QED) is 0.581. The van der Waals surface area contributed by atoms with Gasteiger partial charge in [0.05, 0.1) is 12.6 Å². The van der Waals surface area contributed by atoms with Crippen molar-refractivity contribution >= 4 is 5.96 Å². The van der Waals surface area contributed by atoms with E-state index in [0.29, 0.717) is 29.6 Å². The zero-order valence-electron chi connectivity index (χ0n) is 14.9. The van der Waals surface area contributed by atoms with E-state index in [-0.39, 0.29) is 0 Å². The Kier molecular flexibility index (Phi) is 5.47. The van der Waals surface area contributed by atoms with Crippen LogP contribution in [-0.4, -0.2) is 55.3 Å². The number of likely N-dealkylation sites (tertiary alicyclic amines) is 1. The molecule has 0 bridgehead atoms. The molecule has 3 rings (SSSR count). The second-order valence-corrected chi connectivity index (χ2v) is 7.47. The van der Waals surface area contributed by atoms with E-state index < -0.39 is 0 Å². The van der Waals surface area contributed by atoms with Gasteiger partial charge >= 0.3 is 0 Å². The summed E-state index contributed by atoms with van der Waals surface area (Å²) in [6, 6.07) is 1.04. The van der Waals surface area contributed by atoms with Gasteiger partial charge in [0, 0.05) is 24.1 Å². The van der Waals surface area contributed by atoms with Gasteiger partial charge in [-0.1, -0.05) is 19.8 Å². The van der Waals surface area contributed by atoms with Crippen LogP contribution < -0.4 is 11.1 Å². The predicted molar refractivity (Wildman–Crippen MR) is 94.6 cm³/mol. The molecule has 0 radical (unpaired) electrons. The van der Waals surface area contributed by atoms with Gasteiger partial charge in [0.25, 0.3) is 0 Å². The van der Waals surface area contributed by atoms with Crippen LogP contribution in [0.25, 0.3) is 0 Å². The summed E-state index contributed by atoms with van der Waals surface area (Å²) in [5.41, 5.74) is 6.52. The number of aliphatic imine (C=N–C) groups is 1. The van der Waals surface area contributed by atoms with Crippen molar-refractivity contribution in [2.45, 2.75) is 77.0 Å². The van der Waals surface area contributed by atoms with E-state index in [4.69, 9.17) is 10.5 Å². The molecule has 3 aliphatic rings. The summed E-state index contributed by atoms with van der Waals surface area (Å²) in [6.45, 7) is 8.32. The number of hydrogen-bond donors (Lipinski definition) is 2. The minimum atomic E-state index is 0.318. The minimum Gasteiger partial charge on any atom is -0.378 e. The first-order valence-electron chi connectivity index (χ1n) is 9.61. The Morgan fingerprint density at radius 3 is 2.78 bits per heavy atom. The van der Waals surface area contributed by atoms with Crippen molar-refractivity contribution in [2.75, 3.05) is 26.2 Å². The third-order valence-electron chi connectivity index (χ3n) is 6.39. The number of nitrogens with zero attached hydrogens (tertiary/aromatic N) is 2. The van der Waals surface area contributed by atoms with Gasteiger partial charge in [-0.2, -0.15) is 0 Å². The molecular weight excluding hydrogens is 288 g/mol. The maximum Gasteiger partial charge on any atom is 0.188 e. The van der Waals surface area contributed by atoms with Crippen molar-refractivity contribution < 1.29 is 4.74 Å². The molecule has 1 aliphatic heterocycles. The molecular formula is C18H34N4O. The van der Waals surface area contributed by atoms with Crippen LogP contribution in [0.3, 0.4) is 0 Å². The maximum atomic E-state index is 6.20. The van der Waals surface area contributed by atoms with E-state index in [0.717, 1.165) is 26.1 Å². The van der Waals surface area contributed by atoms with Gasteiger partial charge in [-0.25, -0.2) is 0 Å². The van der Waals surface area contributed by atoms with Crippen molar-refractivity contribution in [1.29, 1.82) is 0 Å². The van der Waals surface area contributed by atoms with E-state index >= 15 is 0 Å². The zero-order valence-corrected chi connectivity index (χ0v) is 14.9. The van der Waals surface area contributed by atoms with E-state index in [1.54, 1.807) is 0 Å². The van der Waals surface area contributed by atoms with E-state index in [2.05, 4.69) is 29.1 Å². The van der Waals surface area contributed by atoms with Gasteiger partial charge in [-0.15, -0.1) is 0 Å². The molecule has 1 heterocycles. The van der Waals surface area contributed by atoms with Crippen molar-refractivity contribution in [2.24, 2.45) is 16.1 Å². The number of nitrogens with one attached hydrogen (secondary N) is 1. The monoisotopic (exact) mass is 322 g/mol. The second kappa shape index (κ2) is 7.39. The number of ether oxygens (including phenoxy) is 1. The van der Waals surface area contributed by atoms with Gasteiger partial charge in [0.2, 0.25) is 0 Å². The number of rotatable bonds is 6. The van der Waals surface area contributed by atoms with Crippen molar-refractivity contribution in [3.8, 4) is 0 Å². The molecule has 3 N–H and O–H groups in total. The first-order valence-corrected chi connectivity index (χ1v) is 9.61. The average molecular weight is 322 g/mol. The molecule has 2 saturated carbocycles. The van der Waals surface area contributed by atoms with Crippen molar-refractivity contribution in [1.82, 2.24) is 10.2 Å². The van der Waals surface area contributed by atoms with Gasteiger partial charge in [0.1, 0.15) is 0 Å². The molecule has 0 aromatic carbocycles. The highest BCUT2D eigenvalue weighted by Crippen LogP contribution is 2.54. The fraction of sp³-hybridized carbons (Fsp3) is 0.944. The molecule has 2 aliphatic carbocycles. The highest BCUT2D eigenvalue weighted by Gasteiger charge is 2.56. The second-order valence-electron chi connectivity index (χ2n) is 7.47. The lowest BCUT2D eigenvalue weighted by Gasteiger charge is -2.54. The summed E-state index contributed by atoms with van der Waals surface area (Å²) in [5, 5.41) is 3.52. The molecule has 23 heavy (non-hydrogen) atoms. The minimum absolute atomic E-state index is 0.318. The Morgan fingerprint density at radius 2 is 2.09 bits per heavy atom. The molecule has 0 amide bonds. The van der Waals surface area contributed by atoms with Gasteiger partial charge < -0.3 is 15.8 Å². The van der Waals surface area contributed by atoms with Gasteiger partial charge in [0.15, 0.2) is 5.96 Å². The fourth-order valence-corrected chi connectivity index (χ4v) is 5.04. The predicted octanol–water partition coefficient (Wildman–Crippen LogP) is 2.11. The smallest absolute Gasteiger partial charge is 0.188 e. The largest absolute Gasteiger partial charge is 0.378 e. The zero-order chi connectivity index (χ0) is 16.3. The SMILES string of the molecule is CCOC1CC(NC(N)=NCC2CCCN2CC)C12CCCC2. The molecule has 1 saturated heterocycles. The van der Waals surface area contributed by atoms with E-state index in [9.17, 15) is 0 Å². The first kappa shape index (κ1) is 17.0. The van der Waals surface area contributed by atoms with Crippen LogP contribution in [0.4, 0.5) is 0 Å². The van der Waals surface area contributed by atoms with Crippen LogP contribution in [0.5, 0.6) is 0 Å². The Balaban J connectivity index is 1.53. The lowest BCUT2D eigenvalue weighted by atomic mass is 9.60. The van der Waals surface area contributed by atoms with E-state index in [1.165, 1.54) is 45.1 Å². The summed E-state index contributed by atoms with van der Waals surface area (Å²) < 4.78 is 5.97. The van der Waals surface area contributed by atoms with Crippen LogP contribution in [0, 0.1) is 5.41 Å². The van der Waals surface area contributed by atoms with Crippen LogP contribution >= 0.6 is 0 Å². The Morgan fingerprint density at radius 1 is 1.30 bits per heavy atom. The standard InChI is InChI=1S/C18H34N4O/c1-3-22-11-7-8-14(22)13-20-17(19)21-15-12-16(23-4-2)18(15)9-5-6-10-18/h14-16H,3-13H2,1-2H3,(H3,19,20,21). The highest BCUT2D eigenvalue weighted by atomic mass is 16.5. The Labute approximate surface area is 141 Å². The Hall–Kier alpha value is -0.810. The van der Waals surface area contributed by atoms with Crippen molar-refractivity contribution in [3.05, 3.63) is 0 Å². The topological polar surface area (TPSA) is 62.9 Å². The summed E-state index contributed by atoms with van der Waals surface area (Å²) in [6.07, 6.45) is 9.25. The number of hydrogen-bond acceptors (Lipinski definition) is 3. The van der Waals surface area contributed by atoms with Crippen molar-refractivity contribution in [3.63, 3.8) is 0 Å². The van der Waals surface area contributed by atoms with Crippen LogP contribution in [-0.2, 0) is 4.74 Å². The van der Waals surface area contributed by atoms with Crippen LogP contribution in [0.2, 0.25) is 0 Å². The molecule has 5 nitrogen and oxygen atoms in total. The molecule has 3 fully saturated rings. The van der Waals surface area contributed by atoms with Gasteiger partial charge in [-0.05, 0) is 52.1 Å². The van der Waals surface area contributed by atoms with E-state index in [1.807, 2.05) is 0 Å². The molecule has 0 aromatic heterocycles. The molecule has 1 spiro atoms. The normalized spacial score (nSPS) is 34.0. The number of likely N-dealkylation sites (N-methyl/N-ethyl adjacent to an activating group) is 1.